The third-order valence-corrected chi connectivity index (χ3v) is 4.25. The van der Waals surface area contributed by atoms with Gasteiger partial charge >= 0.3 is 0 Å². The van der Waals surface area contributed by atoms with Gasteiger partial charge in [-0.2, -0.15) is 0 Å². The van der Waals surface area contributed by atoms with Crippen molar-refractivity contribution >= 4 is 16.9 Å². The van der Waals surface area contributed by atoms with Crippen LogP contribution in [0.25, 0.3) is 0 Å². The van der Waals surface area contributed by atoms with Gasteiger partial charge < -0.3 is 5.32 Å². The second kappa shape index (κ2) is 4.13. The maximum Gasteiger partial charge on any atom is 0.156 e. The molecule has 2 rings (SSSR count). The molecule has 14 heavy (non-hydrogen) atoms. The molecule has 1 fully saturated rings. The maximum absolute atomic E-state index is 4.57. The van der Waals surface area contributed by atoms with Gasteiger partial charge in [-0.25, -0.2) is 0 Å². The van der Waals surface area contributed by atoms with Crippen molar-refractivity contribution in [3.05, 3.63) is 0 Å². The van der Waals surface area contributed by atoms with E-state index in [2.05, 4.69) is 24.2 Å². The highest BCUT2D eigenvalue weighted by molar-refractivity contribution is 8.13. The standard InChI is InChI=1S/C11H20N2S/c1-11(2)7-13-10(14-8-11)12-6-5-9-3-4-9/h9H,3-8H2,1-2H3,(H,12,13). The Bertz CT molecular complexity index is 231. The molecule has 1 saturated carbocycles. The monoisotopic (exact) mass is 212 g/mol. The molecule has 0 atom stereocenters. The highest BCUT2D eigenvalue weighted by Gasteiger charge is 2.24. The van der Waals surface area contributed by atoms with E-state index in [1.54, 1.807) is 0 Å². The molecule has 0 aromatic carbocycles. The van der Waals surface area contributed by atoms with E-state index in [-0.39, 0.29) is 0 Å². The zero-order valence-electron chi connectivity index (χ0n) is 9.18. The molecule has 0 radical (unpaired) electrons. The lowest BCUT2D eigenvalue weighted by Crippen LogP contribution is -2.31. The van der Waals surface area contributed by atoms with E-state index in [0.29, 0.717) is 5.41 Å². The van der Waals surface area contributed by atoms with Crippen LogP contribution >= 0.6 is 11.8 Å². The average molecular weight is 212 g/mol. The van der Waals surface area contributed by atoms with Crippen molar-refractivity contribution in [2.75, 3.05) is 18.8 Å². The first-order chi connectivity index (χ1) is 6.66. The smallest absolute Gasteiger partial charge is 0.156 e. The largest absolute Gasteiger partial charge is 0.365 e. The Kier molecular flexibility index (Phi) is 3.05. The number of rotatable bonds is 3. The third-order valence-electron chi connectivity index (χ3n) is 2.78. The van der Waals surface area contributed by atoms with Gasteiger partial charge in [0.1, 0.15) is 0 Å². The molecule has 2 nitrogen and oxygen atoms in total. The predicted molar refractivity (Wildman–Crippen MR) is 63.9 cm³/mol. The number of hydrogen-bond donors (Lipinski definition) is 1. The van der Waals surface area contributed by atoms with Crippen LogP contribution in [0.4, 0.5) is 0 Å². The molecule has 1 aliphatic heterocycles. The SMILES string of the molecule is CC1(C)CN=C(NCCC2CC2)SC1. The van der Waals surface area contributed by atoms with Gasteiger partial charge in [0.2, 0.25) is 0 Å². The van der Waals surface area contributed by atoms with E-state index in [4.69, 9.17) is 0 Å². The summed E-state index contributed by atoms with van der Waals surface area (Å²) in [6, 6.07) is 0. The molecule has 0 aromatic heterocycles. The van der Waals surface area contributed by atoms with Crippen LogP contribution < -0.4 is 5.32 Å². The Morgan fingerprint density at radius 2 is 2.29 bits per heavy atom. The average Bonchev–Trinajstić information content (AvgIpc) is 2.92. The van der Waals surface area contributed by atoms with E-state index in [0.717, 1.165) is 19.0 Å². The van der Waals surface area contributed by atoms with E-state index < -0.39 is 0 Å². The first-order valence-corrected chi connectivity index (χ1v) is 6.55. The molecule has 0 aromatic rings. The lowest BCUT2D eigenvalue weighted by atomic mass is 9.97. The summed E-state index contributed by atoms with van der Waals surface area (Å²) in [5, 5.41) is 4.61. The number of nitrogens with one attached hydrogen (secondary N) is 1. The molecular formula is C11H20N2S. The molecule has 0 bridgehead atoms. The van der Waals surface area contributed by atoms with Gasteiger partial charge in [-0.1, -0.05) is 38.5 Å². The Morgan fingerprint density at radius 1 is 1.50 bits per heavy atom. The predicted octanol–water partition coefficient (Wildman–Crippen LogP) is 2.51. The molecule has 3 heteroatoms. The van der Waals surface area contributed by atoms with Gasteiger partial charge in [-0.3, -0.25) is 4.99 Å². The molecule has 1 heterocycles. The van der Waals surface area contributed by atoms with Gasteiger partial charge in [-0.05, 0) is 17.8 Å². The summed E-state index contributed by atoms with van der Waals surface area (Å²) < 4.78 is 0. The van der Waals surface area contributed by atoms with Crippen LogP contribution in [0.5, 0.6) is 0 Å². The van der Waals surface area contributed by atoms with E-state index in [9.17, 15) is 0 Å². The first-order valence-electron chi connectivity index (χ1n) is 5.57. The van der Waals surface area contributed by atoms with E-state index >= 15 is 0 Å². The van der Waals surface area contributed by atoms with Crippen LogP contribution in [0.2, 0.25) is 0 Å². The minimum atomic E-state index is 0.395. The topological polar surface area (TPSA) is 24.4 Å². The molecule has 1 N–H and O–H groups in total. The van der Waals surface area contributed by atoms with Crippen molar-refractivity contribution in [1.29, 1.82) is 0 Å². The molecule has 0 saturated heterocycles. The summed E-state index contributed by atoms with van der Waals surface area (Å²) in [4.78, 5) is 4.57. The number of aliphatic imine (C=N–C) groups is 1. The Labute approximate surface area is 90.9 Å². The maximum atomic E-state index is 4.57. The molecule has 80 valence electrons. The van der Waals surface area contributed by atoms with Gasteiger partial charge in [0, 0.05) is 18.8 Å². The van der Waals surface area contributed by atoms with Crippen LogP contribution in [-0.4, -0.2) is 24.0 Å². The van der Waals surface area contributed by atoms with Gasteiger partial charge in [0.15, 0.2) is 5.17 Å². The summed E-state index contributed by atoms with van der Waals surface area (Å²) in [5.74, 6) is 2.22. The lowest BCUT2D eigenvalue weighted by molar-refractivity contribution is 0.436. The van der Waals surface area contributed by atoms with Crippen LogP contribution in [0.1, 0.15) is 33.1 Å². The first kappa shape index (κ1) is 10.3. The fourth-order valence-electron chi connectivity index (χ4n) is 1.54. The number of thioether (sulfide) groups is 1. The van der Waals surface area contributed by atoms with Crippen LogP contribution in [0, 0.1) is 11.3 Å². The zero-order chi connectivity index (χ0) is 10.0. The Hall–Kier alpha value is -0.180. The molecular weight excluding hydrogens is 192 g/mol. The Balaban J connectivity index is 1.67. The van der Waals surface area contributed by atoms with Crippen LogP contribution in [-0.2, 0) is 0 Å². The van der Waals surface area contributed by atoms with Crippen molar-refractivity contribution in [1.82, 2.24) is 5.32 Å². The molecule has 0 unspecified atom stereocenters. The van der Waals surface area contributed by atoms with Crippen molar-refractivity contribution in [2.45, 2.75) is 33.1 Å². The Morgan fingerprint density at radius 3 is 2.86 bits per heavy atom. The van der Waals surface area contributed by atoms with E-state index in [1.165, 1.54) is 30.2 Å². The quantitative estimate of drug-likeness (QED) is 0.777. The minimum absolute atomic E-state index is 0.395. The number of nitrogens with zero attached hydrogens (tertiary/aromatic N) is 1. The molecule has 0 amide bonds. The van der Waals surface area contributed by atoms with E-state index in [1.807, 2.05) is 11.8 Å². The molecule has 0 spiro atoms. The lowest BCUT2D eigenvalue weighted by Gasteiger charge is -2.27. The fraction of sp³-hybridized carbons (Fsp3) is 0.909. The summed E-state index contributed by atoms with van der Waals surface area (Å²) in [5.41, 5.74) is 0.395. The number of hydrogen-bond acceptors (Lipinski definition) is 3. The second-order valence-corrected chi connectivity index (χ2v) is 6.20. The molecule has 2 aliphatic rings. The second-order valence-electron chi connectivity index (χ2n) is 5.23. The highest BCUT2D eigenvalue weighted by Crippen LogP contribution is 2.32. The van der Waals surface area contributed by atoms with Gasteiger partial charge in [-0.15, -0.1) is 0 Å². The summed E-state index contributed by atoms with van der Waals surface area (Å²) in [7, 11) is 0. The number of amidine groups is 1. The summed E-state index contributed by atoms with van der Waals surface area (Å²) in [6.45, 7) is 6.66. The minimum Gasteiger partial charge on any atom is -0.365 e. The van der Waals surface area contributed by atoms with Crippen molar-refractivity contribution < 1.29 is 0 Å². The summed E-state index contributed by atoms with van der Waals surface area (Å²) in [6.07, 6.45) is 4.24. The van der Waals surface area contributed by atoms with Crippen molar-refractivity contribution in [3.63, 3.8) is 0 Å². The highest BCUT2D eigenvalue weighted by atomic mass is 32.2. The zero-order valence-corrected chi connectivity index (χ0v) is 9.99. The normalized spacial score (nSPS) is 25.7. The van der Waals surface area contributed by atoms with Crippen molar-refractivity contribution in [2.24, 2.45) is 16.3 Å². The fourth-order valence-corrected chi connectivity index (χ4v) is 2.52. The van der Waals surface area contributed by atoms with Gasteiger partial charge in [0.25, 0.3) is 0 Å². The van der Waals surface area contributed by atoms with Gasteiger partial charge in [0.05, 0.1) is 0 Å². The van der Waals surface area contributed by atoms with Crippen molar-refractivity contribution in [3.8, 4) is 0 Å². The van der Waals surface area contributed by atoms with Crippen LogP contribution in [0.3, 0.4) is 0 Å². The third kappa shape index (κ3) is 3.19. The van der Waals surface area contributed by atoms with Crippen LogP contribution in [0.15, 0.2) is 4.99 Å². The summed E-state index contributed by atoms with van der Waals surface area (Å²) >= 11 is 1.88. The molecule has 1 aliphatic carbocycles.